The Kier molecular flexibility index (Phi) is 3.56. The summed E-state index contributed by atoms with van der Waals surface area (Å²) >= 11 is 0. The Hall–Kier alpha value is -1.96. The first-order valence-corrected chi connectivity index (χ1v) is 5.85. The van der Waals surface area contributed by atoms with E-state index in [-0.39, 0.29) is 24.5 Å². The monoisotopic (exact) mass is 252 g/mol. The molecule has 2 rings (SSSR count). The zero-order valence-corrected chi connectivity index (χ0v) is 10.2. The van der Waals surface area contributed by atoms with Gasteiger partial charge in [0.2, 0.25) is 0 Å². The van der Waals surface area contributed by atoms with Gasteiger partial charge in [0.1, 0.15) is 6.54 Å². The Morgan fingerprint density at radius 2 is 2.44 bits per heavy atom. The highest BCUT2D eigenvalue weighted by atomic mass is 16.2. The molecule has 0 radical (unpaired) electrons. The van der Waals surface area contributed by atoms with Crippen molar-refractivity contribution in [2.75, 3.05) is 13.1 Å². The molecule has 1 unspecified atom stereocenters. The molecule has 98 valence electrons. The van der Waals surface area contributed by atoms with Crippen LogP contribution < -0.4 is 11.1 Å². The number of nitrogens with zero attached hydrogens (tertiary/aromatic N) is 4. The van der Waals surface area contributed by atoms with E-state index in [1.165, 1.54) is 9.58 Å². The average molecular weight is 252 g/mol. The molecule has 18 heavy (non-hydrogen) atoms. The fourth-order valence-corrected chi connectivity index (χ4v) is 1.70. The van der Waals surface area contributed by atoms with Crippen LogP contribution in [-0.2, 0) is 11.3 Å². The van der Waals surface area contributed by atoms with Crippen LogP contribution in [-0.4, -0.2) is 44.9 Å². The van der Waals surface area contributed by atoms with Crippen LogP contribution in [0, 0.1) is 0 Å². The minimum absolute atomic E-state index is 0.00312. The fourth-order valence-electron chi connectivity index (χ4n) is 1.70. The highest BCUT2D eigenvalue weighted by Gasteiger charge is 2.26. The second-order valence-electron chi connectivity index (χ2n) is 4.13. The third-order valence-corrected chi connectivity index (χ3v) is 2.83. The van der Waals surface area contributed by atoms with Crippen LogP contribution in [0.15, 0.2) is 6.20 Å². The second kappa shape index (κ2) is 5.13. The number of carbonyl (C=O) groups is 2. The smallest absolute Gasteiger partial charge is 0.324 e. The number of rotatable bonds is 4. The van der Waals surface area contributed by atoms with Crippen molar-refractivity contribution in [3.8, 4) is 0 Å². The van der Waals surface area contributed by atoms with E-state index in [9.17, 15) is 9.59 Å². The van der Waals surface area contributed by atoms with E-state index in [0.717, 1.165) is 6.42 Å². The number of hydrogen-bond acceptors (Lipinski definition) is 5. The van der Waals surface area contributed by atoms with Gasteiger partial charge in [-0.3, -0.25) is 9.69 Å². The molecule has 2 heterocycles. The molecular formula is C10H16N6O2. The van der Waals surface area contributed by atoms with Crippen molar-refractivity contribution in [2.45, 2.75) is 25.9 Å². The molecule has 1 fully saturated rings. The van der Waals surface area contributed by atoms with Gasteiger partial charge in [-0.1, -0.05) is 12.1 Å². The lowest BCUT2D eigenvalue weighted by Gasteiger charge is -2.11. The van der Waals surface area contributed by atoms with Crippen LogP contribution in [0.1, 0.15) is 25.1 Å². The van der Waals surface area contributed by atoms with Crippen molar-refractivity contribution >= 4 is 11.9 Å². The van der Waals surface area contributed by atoms with Crippen LogP contribution in [0.25, 0.3) is 0 Å². The molecule has 1 aromatic heterocycles. The topological polar surface area (TPSA) is 106 Å². The normalized spacial score (nSPS) is 16.8. The molecule has 0 aromatic carbocycles. The molecule has 0 aliphatic carbocycles. The number of amides is 3. The van der Waals surface area contributed by atoms with Crippen molar-refractivity contribution < 1.29 is 9.59 Å². The summed E-state index contributed by atoms with van der Waals surface area (Å²) in [6.45, 7) is 2.84. The second-order valence-corrected chi connectivity index (χ2v) is 4.13. The lowest BCUT2D eigenvalue weighted by molar-refractivity contribution is -0.128. The van der Waals surface area contributed by atoms with Gasteiger partial charge in [-0.05, 0) is 6.42 Å². The van der Waals surface area contributed by atoms with Crippen LogP contribution in [0.5, 0.6) is 0 Å². The van der Waals surface area contributed by atoms with Crippen molar-refractivity contribution in [1.29, 1.82) is 0 Å². The summed E-state index contributed by atoms with van der Waals surface area (Å²) in [4.78, 5) is 24.3. The quantitative estimate of drug-likeness (QED) is 0.732. The first kappa shape index (κ1) is 12.5. The first-order chi connectivity index (χ1) is 8.61. The van der Waals surface area contributed by atoms with E-state index in [1.54, 1.807) is 6.20 Å². The van der Waals surface area contributed by atoms with Crippen LogP contribution >= 0.6 is 0 Å². The lowest BCUT2D eigenvalue weighted by Crippen LogP contribution is -2.36. The van der Waals surface area contributed by atoms with E-state index >= 15 is 0 Å². The van der Waals surface area contributed by atoms with Crippen LogP contribution in [0.4, 0.5) is 4.79 Å². The maximum Gasteiger partial charge on any atom is 0.324 e. The summed E-state index contributed by atoms with van der Waals surface area (Å²) in [7, 11) is 0. The predicted octanol–water partition coefficient (Wildman–Crippen LogP) is -0.760. The summed E-state index contributed by atoms with van der Waals surface area (Å²) in [6, 6.07) is -0.533. The van der Waals surface area contributed by atoms with Gasteiger partial charge in [0.25, 0.3) is 5.91 Å². The number of hydrogen-bond donors (Lipinski definition) is 2. The molecule has 1 atom stereocenters. The van der Waals surface area contributed by atoms with Gasteiger partial charge in [0, 0.05) is 13.1 Å². The van der Waals surface area contributed by atoms with Gasteiger partial charge in [-0.25, -0.2) is 9.48 Å². The van der Waals surface area contributed by atoms with E-state index in [4.69, 9.17) is 5.73 Å². The zero-order chi connectivity index (χ0) is 13.1. The maximum absolute atomic E-state index is 11.8. The van der Waals surface area contributed by atoms with Gasteiger partial charge in [0.05, 0.1) is 17.9 Å². The summed E-state index contributed by atoms with van der Waals surface area (Å²) in [5, 5.41) is 10.3. The van der Waals surface area contributed by atoms with Crippen molar-refractivity contribution in [3.05, 3.63) is 11.9 Å². The number of carbonyl (C=O) groups excluding carboxylic acids is 2. The first-order valence-electron chi connectivity index (χ1n) is 5.85. The molecule has 3 N–H and O–H groups in total. The highest BCUT2D eigenvalue weighted by Crippen LogP contribution is 2.09. The lowest BCUT2D eigenvalue weighted by atomic mass is 10.2. The molecule has 1 aliphatic heterocycles. The Morgan fingerprint density at radius 1 is 1.67 bits per heavy atom. The Bertz CT molecular complexity index is 457. The molecular weight excluding hydrogens is 236 g/mol. The Morgan fingerprint density at radius 3 is 3.06 bits per heavy atom. The Balaban J connectivity index is 1.99. The van der Waals surface area contributed by atoms with Gasteiger partial charge < -0.3 is 11.1 Å². The summed E-state index contributed by atoms with van der Waals surface area (Å²) < 4.78 is 1.40. The molecule has 0 saturated carbocycles. The van der Waals surface area contributed by atoms with Crippen molar-refractivity contribution in [3.63, 3.8) is 0 Å². The number of urea groups is 1. The third kappa shape index (κ3) is 2.48. The summed E-state index contributed by atoms with van der Waals surface area (Å²) in [5.41, 5.74) is 6.46. The van der Waals surface area contributed by atoms with E-state index in [0.29, 0.717) is 18.8 Å². The molecule has 8 heteroatoms. The van der Waals surface area contributed by atoms with Crippen LogP contribution in [0.2, 0.25) is 0 Å². The number of imide groups is 1. The molecule has 1 aromatic rings. The molecule has 1 saturated heterocycles. The number of aromatic nitrogens is 3. The van der Waals surface area contributed by atoms with E-state index in [2.05, 4.69) is 15.6 Å². The van der Waals surface area contributed by atoms with Gasteiger partial charge in [0.15, 0.2) is 0 Å². The SMILES string of the molecule is CCC(N)c1cn(CC(=O)N2CCNC2=O)nn1. The van der Waals surface area contributed by atoms with E-state index < -0.39 is 0 Å². The number of nitrogens with two attached hydrogens (primary N) is 1. The fraction of sp³-hybridized carbons (Fsp3) is 0.600. The molecule has 1 aliphatic rings. The highest BCUT2D eigenvalue weighted by molar-refractivity contribution is 5.95. The number of nitrogens with one attached hydrogen (secondary N) is 1. The summed E-state index contributed by atoms with van der Waals surface area (Å²) in [6.07, 6.45) is 2.39. The zero-order valence-electron chi connectivity index (χ0n) is 10.2. The maximum atomic E-state index is 11.8. The molecule has 3 amide bonds. The van der Waals surface area contributed by atoms with Gasteiger partial charge >= 0.3 is 6.03 Å². The predicted molar refractivity (Wildman–Crippen MR) is 62.4 cm³/mol. The average Bonchev–Trinajstić information content (AvgIpc) is 2.97. The summed E-state index contributed by atoms with van der Waals surface area (Å²) in [5.74, 6) is -0.300. The minimum atomic E-state index is -0.356. The molecule has 8 nitrogen and oxygen atoms in total. The van der Waals surface area contributed by atoms with Gasteiger partial charge in [-0.2, -0.15) is 0 Å². The van der Waals surface area contributed by atoms with Crippen molar-refractivity contribution in [1.82, 2.24) is 25.2 Å². The van der Waals surface area contributed by atoms with Gasteiger partial charge in [-0.15, -0.1) is 5.10 Å². The van der Waals surface area contributed by atoms with Crippen molar-refractivity contribution in [2.24, 2.45) is 5.73 Å². The Labute approximate surface area is 104 Å². The largest absolute Gasteiger partial charge is 0.336 e. The third-order valence-electron chi connectivity index (χ3n) is 2.83. The van der Waals surface area contributed by atoms with E-state index in [1.807, 2.05) is 6.92 Å². The standard InChI is InChI=1S/C10H16N6O2/c1-2-7(11)8-5-15(14-13-8)6-9(17)16-4-3-12-10(16)18/h5,7H,2-4,6,11H2,1H3,(H,12,18). The molecule has 0 bridgehead atoms. The molecule has 0 spiro atoms. The minimum Gasteiger partial charge on any atom is -0.336 e. The van der Waals surface area contributed by atoms with Crippen LogP contribution in [0.3, 0.4) is 0 Å².